The van der Waals surface area contributed by atoms with E-state index in [1.807, 2.05) is 6.26 Å². The minimum Gasteiger partial charge on any atom is -0.368 e. The van der Waals surface area contributed by atoms with Crippen LogP contribution in [0.3, 0.4) is 0 Å². The van der Waals surface area contributed by atoms with Crippen LogP contribution in [0.4, 0.5) is 5.95 Å². The predicted molar refractivity (Wildman–Crippen MR) is 81.9 cm³/mol. The van der Waals surface area contributed by atoms with Gasteiger partial charge in [0.05, 0.1) is 6.54 Å². The number of halogens is 1. The molecular formula is C10H15IN6S. The standard InChI is InChI=1S/C10H15IN6S/c1-5(6-3-7(6)11)4-14-9-16-10(18-2)15-8(12)17(9)13/h6-7H,1,3-4,13H2,2H3,(H2,12,14,15,16). The van der Waals surface area contributed by atoms with Gasteiger partial charge in [-0.05, 0) is 18.6 Å². The number of nitrogens with zero attached hydrogens (tertiary/aromatic N) is 4. The minimum absolute atomic E-state index is 0.205. The van der Waals surface area contributed by atoms with Crippen LogP contribution in [0.25, 0.3) is 0 Å². The van der Waals surface area contributed by atoms with Crippen molar-refractivity contribution in [1.82, 2.24) is 14.6 Å². The molecule has 0 amide bonds. The van der Waals surface area contributed by atoms with E-state index in [2.05, 4.69) is 44.1 Å². The summed E-state index contributed by atoms with van der Waals surface area (Å²) in [5, 5.41) is 0.566. The van der Waals surface area contributed by atoms with Crippen molar-refractivity contribution in [2.45, 2.75) is 15.5 Å². The average Bonchev–Trinajstić information content (AvgIpc) is 3.07. The fourth-order valence-corrected chi connectivity index (χ4v) is 2.91. The molecule has 98 valence electrons. The lowest BCUT2D eigenvalue weighted by Gasteiger charge is -2.05. The highest BCUT2D eigenvalue weighted by atomic mass is 127. The van der Waals surface area contributed by atoms with Crippen molar-refractivity contribution in [3.05, 3.63) is 17.8 Å². The molecule has 0 bridgehead atoms. The summed E-state index contributed by atoms with van der Waals surface area (Å²) in [5.74, 6) is 6.53. The second-order valence-corrected chi connectivity index (χ2v) is 6.44. The zero-order valence-electron chi connectivity index (χ0n) is 10.0. The van der Waals surface area contributed by atoms with E-state index in [0.717, 1.165) is 5.57 Å². The highest BCUT2D eigenvalue weighted by molar-refractivity contribution is 14.1. The van der Waals surface area contributed by atoms with E-state index in [0.29, 0.717) is 27.2 Å². The van der Waals surface area contributed by atoms with Crippen LogP contribution in [-0.2, 0) is 0 Å². The minimum atomic E-state index is 0.205. The highest BCUT2D eigenvalue weighted by Crippen LogP contribution is 2.42. The summed E-state index contributed by atoms with van der Waals surface area (Å²) in [6.07, 6.45) is 3.07. The number of thioether (sulfide) groups is 1. The molecule has 1 heterocycles. The smallest absolute Gasteiger partial charge is 0.249 e. The number of nitrogens with two attached hydrogens (primary N) is 2. The van der Waals surface area contributed by atoms with E-state index in [1.54, 1.807) is 0 Å². The third kappa shape index (κ3) is 2.97. The summed E-state index contributed by atoms with van der Waals surface area (Å²) in [5.41, 5.74) is 7.20. The van der Waals surface area contributed by atoms with Gasteiger partial charge < -0.3 is 11.6 Å². The van der Waals surface area contributed by atoms with Crippen LogP contribution in [0.15, 0.2) is 22.3 Å². The Bertz CT molecular complexity index is 540. The molecule has 0 aliphatic heterocycles. The van der Waals surface area contributed by atoms with E-state index in [-0.39, 0.29) is 5.95 Å². The number of alkyl halides is 1. The second-order valence-electron chi connectivity index (χ2n) is 4.07. The van der Waals surface area contributed by atoms with E-state index >= 15 is 0 Å². The SMILES string of the molecule is C=C(CN=c1nc(SC)nc(N)n1N)C1CC1I. The van der Waals surface area contributed by atoms with Gasteiger partial charge in [0.1, 0.15) is 0 Å². The Hall–Kier alpha value is -0.770. The van der Waals surface area contributed by atoms with Crippen molar-refractivity contribution < 1.29 is 0 Å². The quantitative estimate of drug-likeness (QED) is 0.263. The Morgan fingerprint density at radius 1 is 1.67 bits per heavy atom. The lowest BCUT2D eigenvalue weighted by molar-refractivity contribution is 0.731. The Labute approximate surface area is 123 Å². The molecule has 1 aromatic heterocycles. The van der Waals surface area contributed by atoms with Crippen molar-refractivity contribution in [3.63, 3.8) is 0 Å². The van der Waals surface area contributed by atoms with Crippen LogP contribution in [0.2, 0.25) is 0 Å². The van der Waals surface area contributed by atoms with Gasteiger partial charge in [0.15, 0.2) is 5.16 Å². The van der Waals surface area contributed by atoms with Crippen molar-refractivity contribution in [3.8, 4) is 0 Å². The summed E-state index contributed by atoms with van der Waals surface area (Å²) in [4.78, 5) is 12.6. The van der Waals surface area contributed by atoms with Crippen molar-refractivity contribution >= 4 is 40.3 Å². The van der Waals surface area contributed by atoms with E-state index in [4.69, 9.17) is 11.6 Å². The first-order chi connectivity index (χ1) is 8.52. The van der Waals surface area contributed by atoms with Gasteiger partial charge >= 0.3 is 0 Å². The number of hydrogen-bond donors (Lipinski definition) is 2. The van der Waals surface area contributed by atoms with Crippen LogP contribution in [-0.4, -0.2) is 31.4 Å². The first kappa shape index (κ1) is 13.7. The van der Waals surface area contributed by atoms with Crippen LogP contribution in [0, 0.1) is 5.92 Å². The fraction of sp³-hybridized carbons (Fsp3) is 0.500. The molecule has 0 aromatic carbocycles. The molecule has 6 nitrogen and oxygen atoms in total. The normalized spacial score (nSPS) is 23.1. The maximum atomic E-state index is 5.74. The topological polar surface area (TPSA) is 95.1 Å². The number of aromatic nitrogens is 3. The molecule has 2 atom stereocenters. The predicted octanol–water partition coefficient (Wildman–Crippen LogP) is 0.576. The third-order valence-corrected chi connectivity index (χ3v) is 4.64. The van der Waals surface area contributed by atoms with E-state index < -0.39 is 0 Å². The first-order valence-electron chi connectivity index (χ1n) is 5.40. The lowest BCUT2D eigenvalue weighted by atomic mass is 10.2. The van der Waals surface area contributed by atoms with Crippen molar-refractivity contribution in [2.75, 3.05) is 24.4 Å². The molecule has 2 rings (SSSR count). The molecular weight excluding hydrogens is 363 g/mol. The number of nitrogen functional groups attached to an aromatic ring is 2. The van der Waals surface area contributed by atoms with Gasteiger partial charge in [-0.15, -0.1) is 0 Å². The molecule has 1 fully saturated rings. The molecule has 0 radical (unpaired) electrons. The molecule has 4 N–H and O–H groups in total. The Kier molecular flexibility index (Phi) is 4.15. The van der Waals surface area contributed by atoms with E-state index in [9.17, 15) is 0 Å². The molecule has 1 aromatic rings. The Balaban J connectivity index is 2.21. The molecule has 2 unspecified atom stereocenters. The lowest BCUT2D eigenvalue weighted by Crippen LogP contribution is -2.34. The van der Waals surface area contributed by atoms with Crippen LogP contribution >= 0.6 is 34.4 Å². The van der Waals surface area contributed by atoms with Gasteiger partial charge in [0.2, 0.25) is 11.6 Å². The average molecular weight is 378 g/mol. The summed E-state index contributed by atoms with van der Waals surface area (Å²) in [6.45, 7) is 4.58. The molecule has 1 aliphatic rings. The summed E-state index contributed by atoms with van der Waals surface area (Å²) < 4.78 is 1.90. The maximum absolute atomic E-state index is 5.74. The number of rotatable bonds is 4. The maximum Gasteiger partial charge on any atom is 0.249 e. The number of hydrogen-bond acceptors (Lipinski definition) is 6. The summed E-state index contributed by atoms with van der Waals surface area (Å²) in [7, 11) is 0. The van der Waals surface area contributed by atoms with Gasteiger partial charge in [-0.3, -0.25) is 0 Å². The second kappa shape index (κ2) is 5.47. The molecule has 0 saturated heterocycles. The molecule has 8 heteroatoms. The summed E-state index contributed by atoms with van der Waals surface area (Å²) in [6, 6.07) is 0. The van der Waals surface area contributed by atoms with Crippen LogP contribution < -0.4 is 17.2 Å². The molecule has 18 heavy (non-hydrogen) atoms. The third-order valence-electron chi connectivity index (χ3n) is 2.71. The van der Waals surface area contributed by atoms with Crippen molar-refractivity contribution in [1.29, 1.82) is 0 Å². The Morgan fingerprint density at radius 3 is 2.89 bits per heavy atom. The van der Waals surface area contributed by atoms with Crippen molar-refractivity contribution in [2.24, 2.45) is 10.9 Å². The Morgan fingerprint density at radius 2 is 2.33 bits per heavy atom. The van der Waals surface area contributed by atoms with Gasteiger partial charge in [-0.1, -0.05) is 46.5 Å². The molecule has 0 spiro atoms. The highest BCUT2D eigenvalue weighted by Gasteiger charge is 2.36. The zero-order chi connectivity index (χ0) is 13.3. The van der Waals surface area contributed by atoms with Crippen LogP contribution in [0.1, 0.15) is 6.42 Å². The monoisotopic (exact) mass is 378 g/mol. The van der Waals surface area contributed by atoms with Gasteiger partial charge in [-0.2, -0.15) is 14.6 Å². The number of anilines is 1. The van der Waals surface area contributed by atoms with Gasteiger partial charge in [0.25, 0.3) is 0 Å². The largest absolute Gasteiger partial charge is 0.368 e. The van der Waals surface area contributed by atoms with Gasteiger partial charge in [-0.25, -0.2) is 4.99 Å². The molecule has 1 saturated carbocycles. The van der Waals surface area contributed by atoms with Crippen LogP contribution in [0.5, 0.6) is 0 Å². The summed E-state index contributed by atoms with van der Waals surface area (Å²) >= 11 is 3.83. The van der Waals surface area contributed by atoms with Gasteiger partial charge in [0, 0.05) is 3.92 Å². The molecule has 1 aliphatic carbocycles. The van der Waals surface area contributed by atoms with E-state index in [1.165, 1.54) is 22.9 Å². The fourth-order valence-electron chi connectivity index (χ4n) is 1.50. The first-order valence-corrected chi connectivity index (χ1v) is 7.87. The zero-order valence-corrected chi connectivity index (χ0v) is 13.0.